The van der Waals surface area contributed by atoms with Gasteiger partial charge in [-0.25, -0.2) is 0 Å². The van der Waals surface area contributed by atoms with E-state index in [9.17, 15) is 0 Å². The van der Waals surface area contributed by atoms with Gasteiger partial charge in [0.05, 0.1) is 24.9 Å². The molecule has 4 atom stereocenters. The van der Waals surface area contributed by atoms with E-state index in [1.807, 2.05) is 6.92 Å². The molecule has 4 heteroatoms. The van der Waals surface area contributed by atoms with Crippen molar-refractivity contribution in [1.82, 2.24) is 0 Å². The lowest BCUT2D eigenvalue weighted by Crippen LogP contribution is -2.44. The highest BCUT2D eigenvalue weighted by Gasteiger charge is 2.33. The monoisotopic (exact) mass is 204 g/mol. The van der Waals surface area contributed by atoms with Gasteiger partial charge in [-0.2, -0.15) is 0 Å². The summed E-state index contributed by atoms with van der Waals surface area (Å²) in [6.07, 6.45) is 0.896. The van der Waals surface area contributed by atoms with E-state index >= 15 is 0 Å². The maximum atomic E-state index is 9.03. The van der Waals surface area contributed by atoms with E-state index in [4.69, 9.17) is 19.3 Å². The number of methoxy groups -OCH3 is 1. The van der Waals surface area contributed by atoms with Gasteiger partial charge in [0, 0.05) is 19.4 Å². The van der Waals surface area contributed by atoms with Gasteiger partial charge in [-0.3, -0.25) is 0 Å². The van der Waals surface area contributed by atoms with Crippen molar-refractivity contribution in [3.8, 4) is 0 Å². The number of hydrogen-bond acceptors (Lipinski definition) is 4. The highest BCUT2D eigenvalue weighted by atomic mass is 16.7. The Kier molecular flexibility index (Phi) is 4.81. The van der Waals surface area contributed by atoms with Gasteiger partial charge in [0.15, 0.2) is 0 Å². The van der Waals surface area contributed by atoms with Crippen LogP contribution in [0.5, 0.6) is 0 Å². The maximum absolute atomic E-state index is 9.03. The van der Waals surface area contributed by atoms with Crippen LogP contribution in [0.2, 0.25) is 0 Å². The van der Waals surface area contributed by atoms with Crippen LogP contribution in [0.15, 0.2) is 0 Å². The van der Waals surface area contributed by atoms with Crippen molar-refractivity contribution in [1.29, 1.82) is 0 Å². The Bertz CT molecular complexity index is 162. The lowest BCUT2D eigenvalue weighted by atomic mass is 9.91. The summed E-state index contributed by atoms with van der Waals surface area (Å²) in [4.78, 5) is 0. The Hall–Kier alpha value is -0.160. The van der Waals surface area contributed by atoms with Crippen molar-refractivity contribution < 1.29 is 19.3 Å². The van der Waals surface area contributed by atoms with Crippen molar-refractivity contribution in [2.75, 3.05) is 20.5 Å². The van der Waals surface area contributed by atoms with Crippen LogP contribution in [-0.4, -0.2) is 43.9 Å². The van der Waals surface area contributed by atoms with E-state index in [2.05, 4.69) is 6.92 Å². The second-order valence-electron chi connectivity index (χ2n) is 3.85. The number of aliphatic hydroxyl groups excluding tert-OH is 1. The van der Waals surface area contributed by atoms with E-state index in [1.165, 1.54) is 0 Å². The molecule has 0 aromatic rings. The number of ether oxygens (including phenoxy) is 3. The van der Waals surface area contributed by atoms with Gasteiger partial charge in [-0.1, -0.05) is 6.92 Å². The molecule has 0 bridgehead atoms. The zero-order chi connectivity index (χ0) is 10.6. The predicted octanol–water partition coefficient (Wildman–Crippen LogP) is 0.781. The van der Waals surface area contributed by atoms with Gasteiger partial charge in [0.1, 0.15) is 6.79 Å². The van der Waals surface area contributed by atoms with Crippen LogP contribution >= 0.6 is 0 Å². The fourth-order valence-corrected chi connectivity index (χ4v) is 1.75. The van der Waals surface area contributed by atoms with E-state index in [0.717, 1.165) is 6.42 Å². The van der Waals surface area contributed by atoms with Crippen LogP contribution in [-0.2, 0) is 14.2 Å². The van der Waals surface area contributed by atoms with Crippen LogP contribution in [0.25, 0.3) is 0 Å². The average Bonchev–Trinajstić information content (AvgIpc) is 2.20. The third kappa shape index (κ3) is 2.92. The third-order valence-electron chi connectivity index (χ3n) is 2.83. The van der Waals surface area contributed by atoms with Crippen molar-refractivity contribution in [3.05, 3.63) is 0 Å². The van der Waals surface area contributed by atoms with Crippen LogP contribution < -0.4 is 0 Å². The van der Waals surface area contributed by atoms with Crippen LogP contribution in [0.3, 0.4) is 0 Å². The zero-order valence-electron chi connectivity index (χ0n) is 9.10. The van der Waals surface area contributed by atoms with Crippen LogP contribution in [0.4, 0.5) is 0 Å². The van der Waals surface area contributed by atoms with Crippen molar-refractivity contribution in [2.24, 2.45) is 5.92 Å². The molecule has 1 saturated heterocycles. The molecule has 1 aliphatic heterocycles. The van der Waals surface area contributed by atoms with Gasteiger partial charge in [-0.15, -0.1) is 0 Å². The van der Waals surface area contributed by atoms with Gasteiger partial charge in [-0.05, 0) is 6.92 Å². The van der Waals surface area contributed by atoms with Crippen molar-refractivity contribution in [2.45, 2.75) is 38.6 Å². The van der Waals surface area contributed by atoms with Crippen molar-refractivity contribution >= 4 is 0 Å². The summed E-state index contributed by atoms with van der Waals surface area (Å²) in [5.74, 6) is 0.341. The Morgan fingerprint density at radius 3 is 2.71 bits per heavy atom. The molecule has 0 saturated carbocycles. The second kappa shape index (κ2) is 5.66. The van der Waals surface area contributed by atoms with E-state index < -0.39 is 0 Å². The minimum absolute atomic E-state index is 0.0594. The van der Waals surface area contributed by atoms with Gasteiger partial charge in [0.2, 0.25) is 0 Å². The molecule has 0 aromatic heterocycles. The lowest BCUT2D eigenvalue weighted by Gasteiger charge is -2.38. The fourth-order valence-electron chi connectivity index (χ4n) is 1.75. The molecule has 0 aliphatic carbocycles. The molecule has 1 fully saturated rings. The summed E-state index contributed by atoms with van der Waals surface area (Å²) in [6, 6.07) is 0. The van der Waals surface area contributed by atoms with Gasteiger partial charge >= 0.3 is 0 Å². The highest BCUT2D eigenvalue weighted by Crippen LogP contribution is 2.27. The van der Waals surface area contributed by atoms with Crippen molar-refractivity contribution in [3.63, 3.8) is 0 Å². The molecule has 0 radical (unpaired) electrons. The summed E-state index contributed by atoms with van der Waals surface area (Å²) in [6.45, 7) is 4.47. The Morgan fingerprint density at radius 2 is 2.14 bits per heavy atom. The standard InChI is InChI=1S/C10H20O4/c1-7-8(2)14-9(5-11)4-10(7)13-6-12-3/h7-11H,4-6H2,1-3H3/t7-,8-,9-,10-/m1/s1. The molecule has 84 valence electrons. The summed E-state index contributed by atoms with van der Waals surface area (Å²) in [7, 11) is 1.61. The fraction of sp³-hybridized carbons (Fsp3) is 1.00. The zero-order valence-corrected chi connectivity index (χ0v) is 9.10. The highest BCUT2D eigenvalue weighted by molar-refractivity contribution is 4.81. The molecule has 1 rings (SSSR count). The first-order chi connectivity index (χ1) is 6.69. The third-order valence-corrected chi connectivity index (χ3v) is 2.83. The Labute approximate surface area is 85.2 Å². The van der Waals surface area contributed by atoms with Crippen LogP contribution in [0.1, 0.15) is 20.3 Å². The molecule has 0 spiro atoms. The van der Waals surface area contributed by atoms with E-state index in [1.54, 1.807) is 7.11 Å². The molecule has 0 aromatic carbocycles. The molecular weight excluding hydrogens is 184 g/mol. The van der Waals surface area contributed by atoms with Crippen LogP contribution in [0, 0.1) is 5.92 Å². The molecule has 1 heterocycles. The first-order valence-electron chi connectivity index (χ1n) is 5.06. The first kappa shape index (κ1) is 11.9. The Balaban J connectivity index is 2.45. The minimum atomic E-state index is -0.0944. The predicted molar refractivity (Wildman–Crippen MR) is 52.0 cm³/mol. The molecule has 4 nitrogen and oxygen atoms in total. The quantitative estimate of drug-likeness (QED) is 0.687. The Morgan fingerprint density at radius 1 is 1.43 bits per heavy atom. The number of rotatable bonds is 4. The van der Waals surface area contributed by atoms with Gasteiger partial charge in [0.25, 0.3) is 0 Å². The summed E-state index contributed by atoms with van der Waals surface area (Å²) in [5, 5.41) is 9.03. The summed E-state index contributed by atoms with van der Waals surface area (Å²) < 4.78 is 16.0. The topological polar surface area (TPSA) is 47.9 Å². The van der Waals surface area contributed by atoms with E-state index in [-0.39, 0.29) is 24.9 Å². The maximum Gasteiger partial charge on any atom is 0.146 e. The molecule has 0 unspecified atom stereocenters. The molecule has 1 N–H and O–H groups in total. The molecule has 14 heavy (non-hydrogen) atoms. The molecule has 1 aliphatic rings. The SMILES string of the molecule is COCO[C@@H]1C[C@H](CO)O[C@H](C)[C@H]1C. The molecular formula is C10H20O4. The number of hydrogen-bond donors (Lipinski definition) is 1. The summed E-state index contributed by atoms with van der Waals surface area (Å²) >= 11 is 0. The minimum Gasteiger partial charge on any atom is -0.394 e. The second-order valence-corrected chi connectivity index (χ2v) is 3.85. The number of aliphatic hydroxyl groups is 1. The van der Waals surface area contributed by atoms with E-state index in [0.29, 0.717) is 12.7 Å². The lowest BCUT2D eigenvalue weighted by molar-refractivity contribution is -0.178. The van der Waals surface area contributed by atoms with Gasteiger partial charge < -0.3 is 19.3 Å². The molecule has 0 amide bonds. The normalized spacial score (nSPS) is 38.6. The smallest absolute Gasteiger partial charge is 0.146 e. The first-order valence-corrected chi connectivity index (χ1v) is 5.06. The summed E-state index contributed by atoms with van der Waals surface area (Å²) in [5.41, 5.74) is 0. The largest absolute Gasteiger partial charge is 0.394 e. The average molecular weight is 204 g/mol.